The smallest absolute Gasteiger partial charge is 0.336 e. The van der Waals surface area contributed by atoms with Gasteiger partial charge in [-0.05, 0) is 35.4 Å². The molecule has 1 aliphatic heterocycles. The molecule has 0 fully saturated rings. The Morgan fingerprint density at radius 3 is 2.18 bits per heavy atom. The van der Waals surface area contributed by atoms with Gasteiger partial charge in [0.05, 0.1) is 33.4 Å². The van der Waals surface area contributed by atoms with Crippen molar-refractivity contribution in [3.8, 4) is 34.1 Å². The van der Waals surface area contributed by atoms with Crippen LogP contribution in [0.1, 0.15) is 5.56 Å². The highest BCUT2D eigenvalue weighted by Gasteiger charge is 2.24. The van der Waals surface area contributed by atoms with Gasteiger partial charge in [-0.25, -0.2) is 4.79 Å². The van der Waals surface area contributed by atoms with E-state index in [1.165, 1.54) is 6.07 Å². The Bertz CT molecular complexity index is 1350. The minimum atomic E-state index is -0.415. The van der Waals surface area contributed by atoms with Gasteiger partial charge in [0, 0.05) is 35.3 Å². The third kappa shape index (κ3) is 3.82. The Hall–Kier alpha value is -4.13. The molecule has 0 unspecified atom stereocenters. The molecule has 168 valence electrons. The standard InChI is InChI=1S/C26H23NO6/c1-29-18-6-4-16(5-7-18)22-13-25(28)33-26-21(22)8-9-24-23(26)14-27(15-32-24)17-10-19(30-2)12-20(11-17)31-3/h4-13H,14-15H2,1-3H3. The average molecular weight is 445 g/mol. The molecule has 1 aromatic heterocycles. The highest BCUT2D eigenvalue weighted by Crippen LogP contribution is 2.38. The van der Waals surface area contributed by atoms with Crippen molar-refractivity contribution in [2.45, 2.75) is 6.54 Å². The van der Waals surface area contributed by atoms with Gasteiger partial charge in [-0.15, -0.1) is 0 Å². The number of rotatable bonds is 5. The summed E-state index contributed by atoms with van der Waals surface area (Å²) in [6, 6.07) is 18.6. The molecule has 7 heteroatoms. The molecule has 0 amide bonds. The SMILES string of the molecule is COc1ccc(-c2cc(=O)oc3c4c(ccc23)OCN(c2cc(OC)cc(OC)c2)C4)cc1. The van der Waals surface area contributed by atoms with Crippen molar-refractivity contribution in [3.63, 3.8) is 0 Å². The maximum atomic E-state index is 12.5. The lowest BCUT2D eigenvalue weighted by molar-refractivity contribution is 0.288. The van der Waals surface area contributed by atoms with Crippen LogP contribution in [0.3, 0.4) is 0 Å². The second-order valence-corrected chi connectivity index (χ2v) is 7.67. The van der Waals surface area contributed by atoms with Gasteiger partial charge in [0.15, 0.2) is 6.73 Å². The zero-order valence-corrected chi connectivity index (χ0v) is 18.6. The number of nitrogens with zero attached hydrogens (tertiary/aromatic N) is 1. The molecule has 0 aliphatic carbocycles. The van der Waals surface area contributed by atoms with E-state index in [0.29, 0.717) is 36.1 Å². The second-order valence-electron chi connectivity index (χ2n) is 7.67. The maximum Gasteiger partial charge on any atom is 0.336 e. The Morgan fingerprint density at radius 1 is 0.818 bits per heavy atom. The van der Waals surface area contributed by atoms with E-state index in [2.05, 4.69) is 0 Å². The van der Waals surface area contributed by atoms with Crippen LogP contribution in [0.25, 0.3) is 22.1 Å². The van der Waals surface area contributed by atoms with E-state index in [1.807, 2.05) is 59.5 Å². The summed E-state index contributed by atoms with van der Waals surface area (Å²) in [6.45, 7) is 0.842. The van der Waals surface area contributed by atoms with Gasteiger partial charge in [0.2, 0.25) is 0 Å². The van der Waals surface area contributed by atoms with Gasteiger partial charge in [-0.3, -0.25) is 0 Å². The molecular weight excluding hydrogens is 422 g/mol. The highest BCUT2D eigenvalue weighted by atomic mass is 16.5. The monoisotopic (exact) mass is 445 g/mol. The van der Waals surface area contributed by atoms with Crippen LogP contribution in [0.5, 0.6) is 23.0 Å². The van der Waals surface area contributed by atoms with Crippen molar-refractivity contribution >= 4 is 16.7 Å². The van der Waals surface area contributed by atoms with Crippen LogP contribution in [0.2, 0.25) is 0 Å². The van der Waals surface area contributed by atoms with Gasteiger partial charge < -0.3 is 28.3 Å². The number of methoxy groups -OCH3 is 3. The zero-order valence-electron chi connectivity index (χ0n) is 18.6. The van der Waals surface area contributed by atoms with Gasteiger partial charge in [-0.1, -0.05) is 12.1 Å². The first-order valence-corrected chi connectivity index (χ1v) is 10.4. The summed E-state index contributed by atoms with van der Waals surface area (Å²) in [4.78, 5) is 14.6. The van der Waals surface area contributed by atoms with Crippen molar-refractivity contribution in [1.29, 1.82) is 0 Å². The molecule has 1 aliphatic rings. The minimum absolute atomic E-state index is 0.344. The van der Waals surface area contributed by atoms with Crippen LogP contribution in [-0.4, -0.2) is 28.1 Å². The van der Waals surface area contributed by atoms with Gasteiger partial charge in [0.1, 0.15) is 28.6 Å². The summed E-state index contributed by atoms with van der Waals surface area (Å²) in [6.07, 6.45) is 0. The van der Waals surface area contributed by atoms with E-state index in [4.69, 9.17) is 23.4 Å². The summed E-state index contributed by atoms with van der Waals surface area (Å²) in [5, 5.41) is 0.840. The van der Waals surface area contributed by atoms with Crippen molar-refractivity contribution in [1.82, 2.24) is 0 Å². The van der Waals surface area contributed by atoms with Crippen molar-refractivity contribution in [3.05, 3.63) is 76.6 Å². The summed E-state index contributed by atoms with van der Waals surface area (Å²) in [7, 11) is 4.85. The fourth-order valence-corrected chi connectivity index (χ4v) is 4.08. The van der Waals surface area contributed by atoms with E-state index in [1.54, 1.807) is 21.3 Å². The molecule has 7 nitrogen and oxygen atoms in total. The molecule has 0 radical (unpaired) electrons. The number of ether oxygens (including phenoxy) is 4. The molecule has 33 heavy (non-hydrogen) atoms. The molecule has 0 atom stereocenters. The fraction of sp³-hybridized carbons (Fsp3) is 0.192. The average Bonchev–Trinajstić information content (AvgIpc) is 2.87. The lowest BCUT2D eigenvalue weighted by Crippen LogP contribution is -2.32. The topological polar surface area (TPSA) is 70.4 Å². The predicted octanol–water partition coefficient (Wildman–Crippen LogP) is 4.84. The molecule has 0 N–H and O–H groups in total. The number of fused-ring (bicyclic) bond motifs is 3. The first-order valence-electron chi connectivity index (χ1n) is 10.4. The number of hydrogen-bond donors (Lipinski definition) is 0. The van der Waals surface area contributed by atoms with E-state index < -0.39 is 5.63 Å². The Morgan fingerprint density at radius 2 is 1.52 bits per heavy atom. The normalized spacial score (nSPS) is 12.8. The molecule has 0 bridgehead atoms. The summed E-state index contributed by atoms with van der Waals surface area (Å²) in [5.41, 5.74) is 3.49. The second kappa shape index (κ2) is 8.43. The maximum absolute atomic E-state index is 12.5. The van der Waals surface area contributed by atoms with Crippen molar-refractivity contribution < 1.29 is 23.4 Å². The molecule has 0 saturated carbocycles. The Kier molecular flexibility index (Phi) is 5.30. The van der Waals surface area contributed by atoms with E-state index in [-0.39, 0.29) is 0 Å². The lowest BCUT2D eigenvalue weighted by Gasteiger charge is -2.31. The minimum Gasteiger partial charge on any atom is -0.497 e. The Labute approximate surface area is 190 Å². The van der Waals surface area contributed by atoms with Crippen LogP contribution >= 0.6 is 0 Å². The first-order chi connectivity index (χ1) is 16.1. The zero-order chi connectivity index (χ0) is 22.9. The van der Waals surface area contributed by atoms with E-state index in [0.717, 1.165) is 33.5 Å². The third-order valence-electron chi connectivity index (χ3n) is 5.80. The number of benzene rings is 3. The van der Waals surface area contributed by atoms with Gasteiger partial charge in [-0.2, -0.15) is 0 Å². The molecule has 5 rings (SSSR count). The van der Waals surface area contributed by atoms with Gasteiger partial charge in [0.25, 0.3) is 0 Å². The molecule has 4 aromatic rings. The van der Waals surface area contributed by atoms with Gasteiger partial charge >= 0.3 is 5.63 Å². The molecular formula is C26H23NO6. The van der Waals surface area contributed by atoms with Crippen LogP contribution < -0.4 is 29.5 Å². The first kappa shape index (κ1) is 20.8. The molecule has 0 saturated heterocycles. The quantitative estimate of drug-likeness (QED) is 0.407. The van der Waals surface area contributed by atoms with E-state index in [9.17, 15) is 4.79 Å². The molecule has 2 heterocycles. The van der Waals surface area contributed by atoms with Crippen LogP contribution in [0.4, 0.5) is 5.69 Å². The third-order valence-corrected chi connectivity index (χ3v) is 5.80. The summed E-state index contributed by atoms with van der Waals surface area (Å²) < 4.78 is 27.8. The fourth-order valence-electron chi connectivity index (χ4n) is 4.08. The summed E-state index contributed by atoms with van der Waals surface area (Å²) in [5.74, 6) is 2.81. The van der Waals surface area contributed by atoms with Crippen LogP contribution in [0, 0.1) is 0 Å². The number of anilines is 1. The Balaban J connectivity index is 1.61. The molecule has 0 spiro atoms. The van der Waals surface area contributed by atoms with E-state index >= 15 is 0 Å². The van der Waals surface area contributed by atoms with Crippen molar-refractivity contribution in [2.24, 2.45) is 0 Å². The summed E-state index contributed by atoms with van der Waals surface area (Å²) >= 11 is 0. The van der Waals surface area contributed by atoms with Crippen LogP contribution in [0.15, 0.2) is 69.9 Å². The lowest BCUT2D eigenvalue weighted by atomic mass is 9.99. The number of hydrogen-bond acceptors (Lipinski definition) is 7. The van der Waals surface area contributed by atoms with Crippen LogP contribution in [-0.2, 0) is 6.54 Å². The predicted molar refractivity (Wildman–Crippen MR) is 126 cm³/mol. The van der Waals surface area contributed by atoms with Crippen molar-refractivity contribution in [2.75, 3.05) is 33.0 Å². The molecule has 3 aromatic carbocycles. The highest BCUT2D eigenvalue weighted by molar-refractivity contribution is 5.96. The largest absolute Gasteiger partial charge is 0.497 e.